The van der Waals surface area contributed by atoms with Gasteiger partial charge in [-0.2, -0.15) is 0 Å². The van der Waals surface area contributed by atoms with Gasteiger partial charge in [-0.25, -0.2) is 9.59 Å². The molecule has 136 valence electrons. The topological polar surface area (TPSA) is 105 Å². The molecular formula is C20H22N2O4. The molecule has 26 heavy (non-hydrogen) atoms. The van der Waals surface area contributed by atoms with Crippen molar-refractivity contribution < 1.29 is 19.1 Å². The average molecular weight is 354 g/mol. The fourth-order valence-electron chi connectivity index (χ4n) is 3.08. The van der Waals surface area contributed by atoms with Crippen LogP contribution in [0, 0.1) is 0 Å². The third-order valence-electron chi connectivity index (χ3n) is 4.39. The highest BCUT2D eigenvalue weighted by Gasteiger charge is 2.27. The maximum absolute atomic E-state index is 12.2. The summed E-state index contributed by atoms with van der Waals surface area (Å²) in [4.78, 5) is 24.3. The molecule has 0 spiro atoms. The lowest BCUT2D eigenvalue weighted by Gasteiger charge is -2.28. The van der Waals surface area contributed by atoms with Crippen LogP contribution in [-0.2, 0) is 9.47 Å². The minimum absolute atomic E-state index is 0.152. The highest BCUT2D eigenvalue weighted by atomic mass is 16.6. The van der Waals surface area contributed by atoms with Gasteiger partial charge in [-0.05, 0) is 56.0 Å². The van der Waals surface area contributed by atoms with E-state index in [0.717, 1.165) is 0 Å². The standard InChI is InChI=1S/C20H22N2O4/c21-15-10-14(11-16(22)12-15)20(24)26-18-8-6-17(7-9-18)25-19(23)13-4-2-1-3-5-13/h1-5,10-12,17-18H,6-9,21-22H2. The number of carbonyl (C=O) groups excluding carboxylic acids is 2. The van der Waals surface area contributed by atoms with Crippen molar-refractivity contribution in [1.82, 2.24) is 0 Å². The highest BCUT2D eigenvalue weighted by Crippen LogP contribution is 2.25. The van der Waals surface area contributed by atoms with E-state index in [-0.39, 0.29) is 18.2 Å². The number of nitrogens with two attached hydrogens (primary N) is 2. The summed E-state index contributed by atoms with van der Waals surface area (Å²) in [6.07, 6.45) is 2.27. The molecule has 2 aromatic carbocycles. The van der Waals surface area contributed by atoms with Crippen molar-refractivity contribution in [3.63, 3.8) is 0 Å². The molecule has 1 aliphatic carbocycles. The second kappa shape index (κ2) is 7.91. The van der Waals surface area contributed by atoms with Crippen LogP contribution < -0.4 is 11.5 Å². The molecule has 0 aromatic heterocycles. The average Bonchev–Trinajstić information content (AvgIpc) is 2.63. The normalized spacial score (nSPS) is 19.5. The lowest BCUT2D eigenvalue weighted by Crippen LogP contribution is -2.29. The molecule has 1 fully saturated rings. The Morgan fingerprint density at radius 2 is 1.19 bits per heavy atom. The number of carbonyl (C=O) groups is 2. The van der Waals surface area contributed by atoms with Gasteiger partial charge in [0, 0.05) is 11.4 Å². The van der Waals surface area contributed by atoms with Crippen LogP contribution >= 0.6 is 0 Å². The zero-order valence-electron chi connectivity index (χ0n) is 14.4. The van der Waals surface area contributed by atoms with E-state index in [9.17, 15) is 9.59 Å². The number of anilines is 2. The molecule has 4 N–H and O–H groups in total. The van der Waals surface area contributed by atoms with Crippen LogP contribution in [0.4, 0.5) is 11.4 Å². The Kier molecular flexibility index (Phi) is 5.41. The van der Waals surface area contributed by atoms with Crippen LogP contribution in [0.2, 0.25) is 0 Å². The van der Waals surface area contributed by atoms with E-state index in [1.54, 1.807) is 42.5 Å². The first-order valence-electron chi connectivity index (χ1n) is 8.64. The Morgan fingerprint density at radius 3 is 1.69 bits per heavy atom. The van der Waals surface area contributed by atoms with Crippen molar-refractivity contribution in [2.45, 2.75) is 37.9 Å². The van der Waals surface area contributed by atoms with Crippen molar-refractivity contribution >= 4 is 23.3 Å². The minimum Gasteiger partial charge on any atom is -0.459 e. The summed E-state index contributed by atoms with van der Waals surface area (Å²) in [5.41, 5.74) is 13.2. The van der Waals surface area contributed by atoms with E-state index in [1.807, 2.05) is 6.07 Å². The second-order valence-corrected chi connectivity index (χ2v) is 6.46. The molecule has 1 saturated carbocycles. The van der Waals surface area contributed by atoms with Gasteiger partial charge >= 0.3 is 11.9 Å². The second-order valence-electron chi connectivity index (χ2n) is 6.46. The number of benzene rings is 2. The molecule has 0 amide bonds. The summed E-state index contributed by atoms with van der Waals surface area (Å²) in [5.74, 6) is -0.755. The molecule has 6 heteroatoms. The third-order valence-corrected chi connectivity index (χ3v) is 4.39. The molecule has 0 saturated heterocycles. The number of hydrogen-bond donors (Lipinski definition) is 2. The van der Waals surface area contributed by atoms with Crippen LogP contribution in [0.5, 0.6) is 0 Å². The number of esters is 2. The Labute approximate surface area is 152 Å². The Hall–Kier alpha value is -3.02. The van der Waals surface area contributed by atoms with Gasteiger partial charge in [0.25, 0.3) is 0 Å². The zero-order chi connectivity index (χ0) is 18.5. The molecule has 3 rings (SSSR count). The van der Waals surface area contributed by atoms with Crippen LogP contribution in [-0.4, -0.2) is 24.1 Å². The molecule has 1 aliphatic rings. The fourth-order valence-corrected chi connectivity index (χ4v) is 3.08. The van der Waals surface area contributed by atoms with Crippen molar-refractivity contribution in [3.05, 3.63) is 59.7 Å². The lowest BCUT2D eigenvalue weighted by atomic mass is 9.95. The number of ether oxygens (including phenoxy) is 2. The van der Waals surface area contributed by atoms with E-state index in [2.05, 4.69) is 0 Å². The van der Waals surface area contributed by atoms with Crippen molar-refractivity contribution in [2.75, 3.05) is 11.5 Å². The summed E-state index contributed by atoms with van der Waals surface area (Å²) in [7, 11) is 0. The zero-order valence-corrected chi connectivity index (χ0v) is 14.4. The van der Waals surface area contributed by atoms with Crippen LogP contribution in [0.25, 0.3) is 0 Å². The van der Waals surface area contributed by atoms with Crippen molar-refractivity contribution in [3.8, 4) is 0 Å². The van der Waals surface area contributed by atoms with Gasteiger partial charge < -0.3 is 20.9 Å². The fraction of sp³-hybridized carbons (Fsp3) is 0.300. The minimum atomic E-state index is -0.436. The van der Waals surface area contributed by atoms with Crippen molar-refractivity contribution in [1.29, 1.82) is 0 Å². The van der Waals surface area contributed by atoms with Gasteiger partial charge in [-0.15, -0.1) is 0 Å². The molecule has 0 heterocycles. The quantitative estimate of drug-likeness (QED) is 0.645. The number of hydrogen-bond acceptors (Lipinski definition) is 6. The molecule has 0 aliphatic heterocycles. The monoisotopic (exact) mass is 354 g/mol. The van der Waals surface area contributed by atoms with Gasteiger partial charge in [0.05, 0.1) is 11.1 Å². The largest absolute Gasteiger partial charge is 0.459 e. The molecule has 6 nitrogen and oxygen atoms in total. The molecule has 0 unspecified atom stereocenters. The molecule has 0 atom stereocenters. The predicted octanol–water partition coefficient (Wildman–Crippen LogP) is 3.18. The van der Waals surface area contributed by atoms with Crippen molar-refractivity contribution in [2.24, 2.45) is 0 Å². The van der Waals surface area contributed by atoms with Gasteiger partial charge in [-0.1, -0.05) is 18.2 Å². The molecule has 0 radical (unpaired) electrons. The number of rotatable bonds is 4. The number of nitrogen functional groups attached to an aromatic ring is 2. The Morgan fingerprint density at radius 1 is 0.731 bits per heavy atom. The van der Waals surface area contributed by atoms with E-state index < -0.39 is 5.97 Å². The van der Waals surface area contributed by atoms with Gasteiger partial charge in [0.1, 0.15) is 12.2 Å². The maximum Gasteiger partial charge on any atom is 0.338 e. The summed E-state index contributed by atoms with van der Waals surface area (Å²) < 4.78 is 11.1. The molecule has 0 bridgehead atoms. The SMILES string of the molecule is Nc1cc(N)cc(C(=O)OC2CCC(OC(=O)c3ccccc3)CC2)c1. The van der Waals surface area contributed by atoms with E-state index in [1.165, 1.54) is 0 Å². The van der Waals surface area contributed by atoms with Gasteiger partial charge in [0.15, 0.2) is 0 Å². The predicted molar refractivity (Wildman–Crippen MR) is 98.6 cm³/mol. The molecule has 2 aromatic rings. The summed E-state index contributed by atoms with van der Waals surface area (Å²) >= 11 is 0. The lowest BCUT2D eigenvalue weighted by molar-refractivity contribution is -0.0108. The van der Waals surface area contributed by atoms with E-state index >= 15 is 0 Å². The van der Waals surface area contributed by atoms with Gasteiger partial charge in [0.2, 0.25) is 0 Å². The highest BCUT2D eigenvalue weighted by molar-refractivity contribution is 5.92. The van der Waals surface area contributed by atoms with Crippen LogP contribution in [0.1, 0.15) is 46.4 Å². The summed E-state index contributed by atoms with van der Waals surface area (Å²) in [5, 5.41) is 0. The third kappa shape index (κ3) is 4.53. The Bertz CT molecular complexity index is 763. The van der Waals surface area contributed by atoms with E-state index in [0.29, 0.717) is 48.2 Å². The smallest absolute Gasteiger partial charge is 0.338 e. The summed E-state index contributed by atoms with van der Waals surface area (Å²) in [6.45, 7) is 0. The van der Waals surface area contributed by atoms with Crippen LogP contribution in [0.3, 0.4) is 0 Å². The summed E-state index contributed by atoms with van der Waals surface area (Å²) in [6, 6.07) is 13.6. The maximum atomic E-state index is 12.2. The first kappa shape index (κ1) is 17.8. The first-order valence-corrected chi connectivity index (χ1v) is 8.64. The first-order chi connectivity index (χ1) is 12.5. The van der Waals surface area contributed by atoms with E-state index in [4.69, 9.17) is 20.9 Å². The Balaban J connectivity index is 1.49. The molecular weight excluding hydrogens is 332 g/mol. The van der Waals surface area contributed by atoms with Gasteiger partial charge in [-0.3, -0.25) is 0 Å². The van der Waals surface area contributed by atoms with Crippen LogP contribution in [0.15, 0.2) is 48.5 Å².